The number of nitrogens with zero attached hydrogens (tertiary/aromatic N) is 2. The van der Waals surface area contributed by atoms with Crippen LogP contribution in [0.3, 0.4) is 0 Å². The van der Waals surface area contributed by atoms with Crippen LogP contribution in [0.1, 0.15) is 99.6 Å². The summed E-state index contributed by atoms with van der Waals surface area (Å²) in [6, 6.07) is 4.48. The van der Waals surface area contributed by atoms with Crippen LogP contribution in [0.4, 0.5) is 0 Å². The number of carbonyl (C=O) groups is 1. The molecule has 212 valence electrons. The molecule has 1 aromatic rings. The highest BCUT2D eigenvalue weighted by Gasteiger charge is 2.10. The van der Waals surface area contributed by atoms with Gasteiger partial charge in [-0.05, 0) is 78.0 Å². The van der Waals surface area contributed by atoms with E-state index in [1.807, 2.05) is 25.4 Å². The van der Waals surface area contributed by atoms with Crippen LogP contribution in [0.5, 0.6) is 0 Å². The molecule has 1 aliphatic carbocycles. The summed E-state index contributed by atoms with van der Waals surface area (Å²) in [5.74, 6) is 0.0394. The first kappa shape index (κ1) is 34.9. The monoisotopic (exact) mass is 522 g/mol. The minimum atomic E-state index is 0.0394. The maximum atomic E-state index is 9.93. The van der Waals surface area contributed by atoms with Crippen LogP contribution in [0.2, 0.25) is 0 Å². The van der Waals surface area contributed by atoms with Crippen molar-refractivity contribution in [2.24, 2.45) is 0 Å². The number of allylic oxidation sites excluding steroid dienone is 8. The summed E-state index contributed by atoms with van der Waals surface area (Å²) in [6.45, 7) is 20.3. The second-order valence-corrected chi connectivity index (χ2v) is 9.91. The van der Waals surface area contributed by atoms with Gasteiger partial charge in [0.25, 0.3) is 0 Å². The van der Waals surface area contributed by atoms with E-state index >= 15 is 0 Å². The van der Waals surface area contributed by atoms with Crippen molar-refractivity contribution in [3.8, 4) is 0 Å². The number of amides is 1. The van der Waals surface area contributed by atoms with E-state index in [2.05, 4.69) is 113 Å². The molecule has 0 saturated carbocycles. The molecule has 0 saturated heterocycles. The molecule has 0 bridgehead atoms. The topological polar surface area (TPSA) is 57.3 Å². The molecule has 5 heteroatoms. The first-order valence-electron chi connectivity index (χ1n) is 14.0. The highest BCUT2D eigenvalue weighted by molar-refractivity contribution is 5.72. The first-order chi connectivity index (χ1) is 18.0. The zero-order valence-corrected chi connectivity index (χ0v) is 25.8. The third kappa shape index (κ3) is 17.4. The number of carbonyl (C=O) groups excluding carboxylic acids is 1. The number of pyridine rings is 1. The fourth-order valence-corrected chi connectivity index (χ4v) is 3.68. The Morgan fingerprint density at radius 1 is 1.11 bits per heavy atom. The molecular weight excluding hydrogens is 468 g/mol. The van der Waals surface area contributed by atoms with Crippen LogP contribution < -0.4 is 10.6 Å². The summed E-state index contributed by atoms with van der Waals surface area (Å²) in [5.41, 5.74) is 8.06. The van der Waals surface area contributed by atoms with Gasteiger partial charge in [-0.15, -0.1) is 0 Å². The Morgan fingerprint density at radius 3 is 2.34 bits per heavy atom. The average Bonchev–Trinajstić information content (AvgIpc) is 3.02. The Bertz CT molecular complexity index is 954. The van der Waals surface area contributed by atoms with E-state index in [9.17, 15) is 4.79 Å². The van der Waals surface area contributed by atoms with E-state index in [1.54, 1.807) is 0 Å². The number of likely N-dealkylation sites (N-methyl/N-ethyl adjacent to an activating group) is 1. The van der Waals surface area contributed by atoms with E-state index in [-0.39, 0.29) is 5.91 Å². The predicted molar refractivity (Wildman–Crippen MR) is 166 cm³/mol. The molecule has 0 radical (unpaired) electrons. The number of rotatable bonds is 10. The molecular formula is C33H54N4O. The zero-order chi connectivity index (χ0) is 28.9. The lowest BCUT2D eigenvalue weighted by molar-refractivity contribution is -0.118. The lowest BCUT2D eigenvalue weighted by Crippen LogP contribution is -2.22. The van der Waals surface area contributed by atoms with Gasteiger partial charge in [0.1, 0.15) is 0 Å². The third-order valence-electron chi connectivity index (χ3n) is 6.12. The van der Waals surface area contributed by atoms with Gasteiger partial charge in [-0.1, -0.05) is 67.4 Å². The molecule has 2 N–H and O–H groups in total. The second-order valence-electron chi connectivity index (χ2n) is 9.91. The van der Waals surface area contributed by atoms with Gasteiger partial charge in [0.05, 0.1) is 6.04 Å². The zero-order valence-electron chi connectivity index (χ0n) is 25.8. The number of hydrogen-bond donors (Lipinski definition) is 2. The van der Waals surface area contributed by atoms with Crippen LogP contribution >= 0.6 is 0 Å². The van der Waals surface area contributed by atoms with Crippen LogP contribution in [0.15, 0.2) is 83.0 Å². The molecule has 5 nitrogen and oxygen atoms in total. The SMILES string of the molecule is CC1=CCC=C(C)C(C)=C1.CCCC(N/C(C)=C/N(C)C/C=C(\C)CC)c1cccnc1.CCNC(C)=O. The van der Waals surface area contributed by atoms with Gasteiger partial charge in [-0.25, -0.2) is 0 Å². The van der Waals surface area contributed by atoms with Gasteiger partial charge in [0.15, 0.2) is 0 Å². The Balaban J connectivity index is 0.000000699. The van der Waals surface area contributed by atoms with Crippen molar-refractivity contribution in [3.63, 3.8) is 0 Å². The molecule has 38 heavy (non-hydrogen) atoms. The Hall–Kier alpha value is -3.08. The molecule has 1 aromatic heterocycles. The van der Waals surface area contributed by atoms with Crippen molar-refractivity contribution >= 4 is 5.91 Å². The highest BCUT2D eigenvalue weighted by Crippen LogP contribution is 2.19. The molecule has 0 aromatic carbocycles. The third-order valence-corrected chi connectivity index (χ3v) is 6.12. The van der Waals surface area contributed by atoms with Crippen molar-refractivity contribution in [3.05, 3.63) is 88.6 Å². The maximum Gasteiger partial charge on any atom is 0.216 e. The summed E-state index contributed by atoms with van der Waals surface area (Å²) < 4.78 is 0. The number of hydrogen-bond acceptors (Lipinski definition) is 4. The van der Waals surface area contributed by atoms with Crippen LogP contribution in [0.25, 0.3) is 0 Å². The fourth-order valence-electron chi connectivity index (χ4n) is 3.68. The minimum Gasteiger partial charge on any atom is -0.381 e. The molecule has 2 rings (SSSR count). The predicted octanol–water partition coefficient (Wildman–Crippen LogP) is 8.03. The van der Waals surface area contributed by atoms with E-state index < -0.39 is 0 Å². The molecule has 0 fully saturated rings. The summed E-state index contributed by atoms with van der Waals surface area (Å²) in [6.07, 6.45) is 19.5. The van der Waals surface area contributed by atoms with Gasteiger partial charge in [-0.2, -0.15) is 0 Å². The van der Waals surface area contributed by atoms with Crippen molar-refractivity contribution in [2.75, 3.05) is 20.1 Å². The average molecular weight is 523 g/mol. The fraction of sp³-hybridized carbons (Fsp3) is 0.515. The second kappa shape index (κ2) is 20.9. The largest absolute Gasteiger partial charge is 0.381 e. The Labute approximate surface area is 233 Å². The lowest BCUT2D eigenvalue weighted by Gasteiger charge is -2.22. The van der Waals surface area contributed by atoms with Crippen molar-refractivity contribution < 1.29 is 4.79 Å². The summed E-state index contributed by atoms with van der Waals surface area (Å²) >= 11 is 0. The van der Waals surface area contributed by atoms with Crippen molar-refractivity contribution in [1.29, 1.82) is 0 Å². The molecule has 1 heterocycles. The van der Waals surface area contributed by atoms with Gasteiger partial charge in [-0.3, -0.25) is 9.78 Å². The molecule has 0 aliphatic heterocycles. The quantitative estimate of drug-likeness (QED) is 0.305. The summed E-state index contributed by atoms with van der Waals surface area (Å²) in [7, 11) is 2.11. The van der Waals surface area contributed by atoms with Gasteiger partial charge < -0.3 is 15.5 Å². The van der Waals surface area contributed by atoms with Crippen molar-refractivity contribution in [2.45, 2.75) is 94.0 Å². The molecule has 1 unspecified atom stereocenters. The van der Waals surface area contributed by atoms with Gasteiger partial charge in [0.2, 0.25) is 5.91 Å². The Morgan fingerprint density at radius 2 is 1.82 bits per heavy atom. The van der Waals surface area contributed by atoms with E-state index in [0.717, 1.165) is 38.8 Å². The smallest absolute Gasteiger partial charge is 0.216 e. The number of nitrogens with one attached hydrogen (secondary N) is 2. The van der Waals surface area contributed by atoms with Crippen LogP contribution in [-0.4, -0.2) is 35.9 Å². The summed E-state index contributed by atoms with van der Waals surface area (Å²) in [5, 5.41) is 6.19. The maximum absolute atomic E-state index is 9.93. The Kier molecular flexibility index (Phi) is 19.2. The molecule has 0 spiro atoms. The molecule has 1 aliphatic rings. The van der Waals surface area contributed by atoms with E-state index in [0.29, 0.717) is 6.04 Å². The van der Waals surface area contributed by atoms with Crippen LogP contribution in [-0.2, 0) is 4.79 Å². The standard InChI is InChI=1S/C19H31N3.C10H14.C4H9NO/c1-6-9-19(18-10-8-12-20-14-18)21-17(4)15-22(5)13-11-16(3)7-2;1-8-5-4-6-9(2)10(3)7-8;1-3-5-4(2)6/h8,10-12,14-15,19,21H,6-7,9,13H2,1-5H3;5-7H,4H2,1-3H3;3H2,1-2H3,(H,5,6)/b16-11+,17-15+;;. The van der Waals surface area contributed by atoms with Crippen LogP contribution in [0, 0.1) is 0 Å². The molecule has 1 atom stereocenters. The first-order valence-corrected chi connectivity index (χ1v) is 14.0. The van der Waals surface area contributed by atoms with E-state index in [1.165, 1.54) is 40.5 Å². The van der Waals surface area contributed by atoms with Gasteiger partial charge >= 0.3 is 0 Å². The highest BCUT2D eigenvalue weighted by atomic mass is 16.1. The normalized spacial score (nSPS) is 14.2. The minimum absolute atomic E-state index is 0.0394. The van der Waals surface area contributed by atoms with Gasteiger partial charge in [0, 0.05) is 51.4 Å². The summed E-state index contributed by atoms with van der Waals surface area (Å²) in [4.78, 5) is 16.4. The number of aromatic nitrogens is 1. The molecule has 1 amide bonds. The lowest BCUT2D eigenvalue weighted by atomic mass is 10.0. The van der Waals surface area contributed by atoms with E-state index in [4.69, 9.17) is 0 Å². The van der Waals surface area contributed by atoms with Crippen molar-refractivity contribution in [1.82, 2.24) is 20.5 Å².